The van der Waals surface area contributed by atoms with E-state index in [0.717, 1.165) is 21.9 Å². The molecule has 5 aromatic rings. The molecule has 0 aliphatic rings. The van der Waals surface area contributed by atoms with E-state index >= 15 is 0 Å². The minimum atomic E-state index is -0.214. The monoisotopic (exact) mass is 345 g/mol. The van der Waals surface area contributed by atoms with Gasteiger partial charge in [-0.1, -0.05) is 41.7 Å². The fraction of sp³-hybridized carbons (Fsp3) is 0. The Hall–Kier alpha value is -3.25. The zero-order chi connectivity index (χ0) is 17.0. The predicted molar refractivity (Wildman–Crippen MR) is 100 cm³/mol. The van der Waals surface area contributed by atoms with Gasteiger partial charge in [0.25, 0.3) is 11.1 Å². The second-order valence-electron chi connectivity index (χ2n) is 5.78. The van der Waals surface area contributed by atoms with E-state index in [-0.39, 0.29) is 11.1 Å². The lowest BCUT2D eigenvalue weighted by Gasteiger charge is -1.98. The van der Waals surface area contributed by atoms with Crippen molar-refractivity contribution in [2.75, 3.05) is 0 Å². The maximum atomic E-state index is 12.8. The molecule has 0 amide bonds. The number of imidazole rings is 1. The summed E-state index contributed by atoms with van der Waals surface area (Å²) in [7, 11) is 0. The molecule has 0 aliphatic heterocycles. The van der Waals surface area contributed by atoms with Crippen LogP contribution in [0.25, 0.3) is 33.0 Å². The number of H-pyrrole nitrogens is 1. The van der Waals surface area contributed by atoms with Crippen LogP contribution in [0.4, 0.5) is 0 Å². The molecule has 0 radical (unpaired) electrons. The van der Waals surface area contributed by atoms with Crippen LogP contribution in [0.1, 0.15) is 5.56 Å². The van der Waals surface area contributed by atoms with Crippen LogP contribution in [0.15, 0.2) is 64.2 Å². The van der Waals surface area contributed by atoms with Gasteiger partial charge in [0.05, 0.1) is 15.6 Å². The number of para-hydroxylation sites is 3. The molecule has 0 spiro atoms. The Kier molecular flexibility index (Phi) is 2.89. The maximum Gasteiger partial charge on any atom is 0.274 e. The van der Waals surface area contributed by atoms with E-state index in [1.807, 2.05) is 48.5 Å². The van der Waals surface area contributed by atoms with Crippen LogP contribution in [0, 0.1) is 0 Å². The van der Waals surface area contributed by atoms with Gasteiger partial charge in [-0.15, -0.1) is 0 Å². The highest BCUT2D eigenvalue weighted by molar-refractivity contribution is 7.15. The topological polar surface area (TPSA) is 67.2 Å². The Morgan fingerprint density at radius 3 is 2.76 bits per heavy atom. The summed E-state index contributed by atoms with van der Waals surface area (Å²) < 4.78 is 2.09. The first-order chi connectivity index (χ1) is 12.2. The fourth-order valence-corrected chi connectivity index (χ4v) is 4.00. The van der Waals surface area contributed by atoms with E-state index < -0.39 is 0 Å². The summed E-state index contributed by atoms with van der Waals surface area (Å²) in [6, 6.07) is 16.9. The molecule has 25 heavy (non-hydrogen) atoms. The first-order valence-corrected chi connectivity index (χ1v) is 8.56. The summed E-state index contributed by atoms with van der Waals surface area (Å²) in [5.41, 5.74) is 2.45. The Balaban J connectivity index is 1.81. The van der Waals surface area contributed by atoms with Gasteiger partial charge in [0.1, 0.15) is 0 Å². The van der Waals surface area contributed by atoms with E-state index in [0.29, 0.717) is 15.1 Å². The Bertz CT molecular complexity index is 1440. The molecule has 5 rings (SSSR count). The molecular formula is C19H11N3O2S. The second-order valence-corrected chi connectivity index (χ2v) is 6.78. The number of pyridine rings is 1. The molecule has 1 N–H and O–H groups in total. The van der Waals surface area contributed by atoms with Gasteiger partial charge >= 0.3 is 0 Å². The summed E-state index contributed by atoms with van der Waals surface area (Å²) in [5, 5.41) is 0.924. The summed E-state index contributed by atoms with van der Waals surface area (Å²) >= 11 is 1.29. The number of hydrogen-bond donors (Lipinski definition) is 1. The van der Waals surface area contributed by atoms with Crippen LogP contribution < -0.4 is 15.7 Å². The van der Waals surface area contributed by atoms with Crippen LogP contribution in [0.2, 0.25) is 0 Å². The molecule has 2 aromatic carbocycles. The first-order valence-electron chi connectivity index (χ1n) is 7.74. The van der Waals surface area contributed by atoms with Crippen molar-refractivity contribution in [2.45, 2.75) is 0 Å². The van der Waals surface area contributed by atoms with E-state index in [9.17, 15) is 9.59 Å². The average molecular weight is 345 g/mol. The van der Waals surface area contributed by atoms with Crippen molar-refractivity contribution in [1.82, 2.24) is 14.4 Å². The SMILES string of the molecule is O=c1[nH]c2ccccc2cc1C=c1sc2nc3ccccc3n2c1=O. The molecule has 6 heteroatoms. The second kappa shape index (κ2) is 5.12. The zero-order valence-corrected chi connectivity index (χ0v) is 13.7. The average Bonchev–Trinajstić information content (AvgIpc) is 3.12. The summed E-state index contributed by atoms with van der Waals surface area (Å²) in [4.78, 5) is 33.0. The van der Waals surface area contributed by atoms with E-state index in [1.165, 1.54) is 11.3 Å². The third kappa shape index (κ3) is 2.11. The molecule has 3 aromatic heterocycles. The molecule has 0 aliphatic carbocycles. The normalized spacial score (nSPS) is 12.6. The first kappa shape index (κ1) is 14.1. The van der Waals surface area contributed by atoms with Crippen LogP contribution >= 0.6 is 11.3 Å². The quantitative estimate of drug-likeness (QED) is 0.507. The number of aromatic amines is 1. The smallest absolute Gasteiger partial charge is 0.274 e. The van der Waals surface area contributed by atoms with E-state index in [1.54, 1.807) is 16.5 Å². The number of hydrogen-bond acceptors (Lipinski definition) is 4. The van der Waals surface area contributed by atoms with Crippen LogP contribution in [-0.4, -0.2) is 14.4 Å². The Labute approximate surface area is 144 Å². The van der Waals surface area contributed by atoms with Gasteiger partial charge in [-0.25, -0.2) is 9.38 Å². The van der Waals surface area contributed by atoms with Gasteiger partial charge in [-0.2, -0.15) is 0 Å². The number of nitrogens with one attached hydrogen (secondary N) is 1. The van der Waals surface area contributed by atoms with Crippen molar-refractivity contribution >= 4 is 44.3 Å². The van der Waals surface area contributed by atoms with E-state index in [4.69, 9.17) is 0 Å². The molecule has 0 atom stereocenters. The number of aromatic nitrogens is 3. The summed E-state index contributed by atoms with van der Waals surface area (Å²) in [6.07, 6.45) is 1.64. The van der Waals surface area contributed by atoms with Crippen molar-refractivity contribution in [3.05, 3.63) is 85.4 Å². The van der Waals surface area contributed by atoms with Gasteiger partial charge in [0, 0.05) is 11.1 Å². The third-order valence-corrected chi connectivity index (χ3v) is 5.18. The molecule has 120 valence electrons. The fourth-order valence-electron chi connectivity index (χ4n) is 3.02. The highest BCUT2D eigenvalue weighted by atomic mass is 32.1. The highest BCUT2D eigenvalue weighted by Crippen LogP contribution is 2.16. The highest BCUT2D eigenvalue weighted by Gasteiger charge is 2.11. The van der Waals surface area contributed by atoms with Crippen molar-refractivity contribution < 1.29 is 0 Å². The molecule has 0 bridgehead atoms. The standard InChI is InChI=1S/C19H11N3O2S/c23-17-12(9-11-5-1-2-6-13(11)20-17)10-16-18(24)22-15-8-4-3-7-14(15)21-19(22)25-16/h1-10H,(H,20,23). The Morgan fingerprint density at radius 1 is 1.04 bits per heavy atom. The van der Waals surface area contributed by atoms with Gasteiger partial charge in [-0.05, 0) is 35.7 Å². The van der Waals surface area contributed by atoms with Crippen molar-refractivity contribution in [1.29, 1.82) is 0 Å². The third-order valence-electron chi connectivity index (χ3n) is 4.21. The van der Waals surface area contributed by atoms with Gasteiger partial charge in [0.15, 0.2) is 4.96 Å². The van der Waals surface area contributed by atoms with Crippen LogP contribution in [0.3, 0.4) is 0 Å². The minimum absolute atomic E-state index is 0.152. The molecule has 0 fully saturated rings. The molecule has 0 saturated heterocycles. The Morgan fingerprint density at radius 2 is 1.84 bits per heavy atom. The molecule has 0 unspecified atom stereocenters. The molecule has 0 saturated carbocycles. The lowest BCUT2D eigenvalue weighted by molar-refractivity contribution is 1.19. The number of rotatable bonds is 1. The lowest BCUT2D eigenvalue weighted by atomic mass is 10.1. The predicted octanol–water partition coefficient (Wildman–Crippen LogP) is 2.30. The molecule has 5 nitrogen and oxygen atoms in total. The minimum Gasteiger partial charge on any atom is -0.321 e. The molecular weight excluding hydrogens is 334 g/mol. The zero-order valence-electron chi connectivity index (χ0n) is 12.9. The maximum absolute atomic E-state index is 12.8. The number of thiazole rings is 1. The van der Waals surface area contributed by atoms with Crippen LogP contribution in [-0.2, 0) is 0 Å². The van der Waals surface area contributed by atoms with Gasteiger partial charge in [0.2, 0.25) is 0 Å². The number of nitrogens with zero attached hydrogens (tertiary/aromatic N) is 2. The molecule has 3 heterocycles. The summed E-state index contributed by atoms with van der Waals surface area (Å²) in [5.74, 6) is 0. The largest absolute Gasteiger partial charge is 0.321 e. The summed E-state index contributed by atoms with van der Waals surface area (Å²) in [6.45, 7) is 0. The van der Waals surface area contributed by atoms with Crippen molar-refractivity contribution in [2.24, 2.45) is 0 Å². The number of benzene rings is 2. The number of fused-ring (bicyclic) bond motifs is 4. The lowest BCUT2D eigenvalue weighted by Crippen LogP contribution is -2.24. The van der Waals surface area contributed by atoms with Crippen LogP contribution in [0.5, 0.6) is 0 Å². The van der Waals surface area contributed by atoms with E-state index in [2.05, 4.69) is 9.97 Å². The van der Waals surface area contributed by atoms with Gasteiger partial charge < -0.3 is 4.98 Å². The van der Waals surface area contributed by atoms with Gasteiger partial charge in [-0.3, -0.25) is 9.59 Å². The van der Waals surface area contributed by atoms with Crippen molar-refractivity contribution in [3.63, 3.8) is 0 Å². The van der Waals surface area contributed by atoms with Crippen molar-refractivity contribution in [3.8, 4) is 0 Å².